The molecule has 0 aliphatic heterocycles. The maximum absolute atomic E-state index is 12.7. The molecule has 1 fully saturated rings. The van der Waals surface area contributed by atoms with Crippen LogP contribution in [0.1, 0.15) is 80.6 Å². The van der Waals surface area contributed by atoms with Crippen molar-refractivity contribution in [1.82, 2.24) is 5.32 Å². The summed E-state index contributed by atoms with van der Waals surface area (Å²) in [5.41, 5.74) is 0.208. The second kappa shape index (κ2) is 14.4. The van der Waals surface area contributed by atoms with Gasteiger partial charge in [0.1, 0.15) is 16.9 Å². The number of ether oxygens (including phenoxy) is 3. The Balaban J connectivity index is 1.37. The molecule has 1 aromatic heterocycles. The molecule has 0 radical (unpaired) electrons. The second-order valence-electron chi connectivity index (χ2n) is 10.0. The molecule has 1 saturated carbocycles. The number of carbonyl (C=O) groups is 2. The number of rotatable bonds is 12. The second-order valence-corrected chi connectivity index (χ2v) is 10.0. The average Bonchev–Trinajstić information content (AvgIpc) is 2.96. The molecule has 212 valence electrons. The highest BCUT2D eigenvalue weighted by atomic mass is 16.5. The molecule has 0 bridgehead atoms. The molecule has 0 atom stereocenters. The third-order valence-corrected chi connectivity index (χ3v) is 6.97. The van der Waals surface area contributed by atoms with Crippen LogP contribution in [0, 0.1) is 0 Å². The van der Waals surface area contributed by atoms with E-state index in [4.69, 9.17) is 18.6 Å². The zero-order valence-corrected chi connectivity index (χ0v) is 23.2. The van der Waals surface area contributed by atoms with Crippen molar-refractivity contribution >= 4 is 28.9 Å². The number of carbonyl (C=O) groups excluding carboxylic acids is 2. The molecule has 3 aromatic rings. The highest BCUT2D eigenvalue weighted by molar-refractivity contribution is 5.97. The van der Waals surface area contributed by atoms with Gasteiger partial charge in [-0.25, -0.2) is 9.59 Å². The molecule has 4 rings (SSSR count). The van der Waals surface area contributed by atoms with E-state index in [2.05, 4.69) is 12.2 Å². The molecule has 1 heterocycles. The highest BCUT2D eigenvalue weighted by Gasteiger charge is 2.20. The van der Waals surface area contributed by atoms with Gasteiger partial charge >= 0.3 is 11.6 Å². The molecule has 0 unspecified atom stereocenters. The zero-order valence-electron chi connectivity index (χ0n) is 23.2. The number of unbranched alkanes of at least 4 members (excludes halogenated alkanes) is 3. The van der Waals surface area contributed by atoms with Gasteiger partial charge in [-0.3, -0.25) is 4.79 Å². The van der Waals surface area contributed by atoms with Crippen LogP contribution in [0.15, 0.2) is 57.8 Å². The van der Waals surface area contributed by atoms with E-state index in [1.807, 2.05) is 12.1 Å². The number of benzene rings is 2. The minimum Gasteiger partial charge on any atom is -0.493 e. The molecule has 1 aliphatic carbocycles. The molecule has 0 spiro atoms. The third kappa shape index (κ3) is 7.97. The third-order valence-electron chi connectivity index (χ3n) is 6.97. The van der Waals surface area contributed by atoms with Crippen LogP contribution in [-0.4, -0.2) is 31.6 Å². The minimum absolute atomic E-state index is 0.0332. The lowest BCUT2D eigenvalue weighted by molar-refractivity contribution is -0.128. The van der Waals surface area contributed by atoms with Crippen LogP contribution >= 0.6 is 0 Å². The first-order chi connectivity index (χ1) is 19.5. The summed E-state index contributed by atoms with van der Waals surface area (Å²) in [6, 6.07) is 11.7. The van der Waals surface area contributed by atoms with Gasteiger partial charge in [-0.05, 0) is 61.2 Å². The van der Waals surface area contributed by atoms with Gasteiger partial charge in [-0.1, -0.05) is 51.5 Å². The van der Waals surface area contributed by atoms with Crippen LogP contribution in [0.3, 0.4) is 0 Å². The van der Waals surface area contributed by atoms with E-state index in [-0.39, 0.29) is 22.9 Å². The van der Waals surface area contributed by atoms with Crippen molar-refractivity contribution in [2.75, 3.05) is 13.7 Å². The first kappa shape index (κ1) is 28.9. The van der Waals surface area contributed by atoms with Gasteiger partial charge in [0.15, 0.2) is 11.5 Å². The van der Waals surface area contributed by atoms with Crippen LogP contribution in [0.5, 0.6) is 17.2 Å². The van der Waals surface area contributed by atoms with Gasteiger partial charge in [0.05, 0.1) is 13.7 Å². The summed E-state index contributed by atoms with van der Waals surface area (Å²) in [5, 5.41) is 3.50. The molecule has 8 heteroatoms. The van der Waals surface area contributed by atoms with Crippen LogP contribution in [-0.2, 0) is 4.79 Å². The van der Waals surface area contributed by atoms with Gasteiger partial charge in [-0.2, -0.15) is 0 Å². The number of amides is 1. The van der Waals surface area contributed by atoms with Crippen LogP contribution in [0.25, 0.3) is 17.0 Å². The van der Waals surface area contributed by atoms with Crippen molar-refractivity contribution in [2.45, 2.75) is 70.8 Å². The van der Waals surface area contributed by atoms with Gasteiger partial charge in [-0.15, -0.1) is 0 Å². The Bertz CT molecular complexity index is 1400. The summed E-state index contributed by atoms with van der Waals surface area (Å²) in [6.07, 6.45) is 12.5. The maximum Gasteiger partial charge on any atom is 0.349 e. The number of hydrogen-bond donors (Lipinski definition) is 1. The van der Waals surface area contributed by atoms with Crippen molar-refractivity contribution in [3.63, 3.8) is 0 Å². The number of hydrogen-bond acceptors (Lipinski definition) is 7. The Morgan fingerprint density at radius 1 is 1.00 bits per heavy atom. The summed E-state index contributed by atoms with van der Waals surface area (Å²) < 4.78 is 22.1. The SMILES string of the molecule is CCCCCCOc1ccc(/C=C/C(=O)Oc2ccc3cc(C(=O)NC4CCCCC4)c(=O)oc3c2)cc1OC. The topological polar surface area (TPSA) is 104 Å². The number of fused-ring (bicyclic) bond motifs is 1. The Labute approximate surface area is 234 Å². The van der Waals surface area contributed by atoms with E-state index < -0.39 is 17.5 Å². The lowest BCUT2D eigenvalue weighted by atomic mass is 9.95. The predicted octanol–water partition coefficient (Wildman–Crippen LogP) is 6.44. The van der Waals surface area contributed by atoms with E-state index in [9.17, 15) is 14.4 Å². The summed E-state index contributed by atoms with van der Waals surface area (Å²) in [7, 11) is 1.57. The summed E-state index contributed by atoms with van der Waals surface area (Å²) in [6.45, 7) is 2.79. The summed E-state index contributed by atoms with van der Waals surface area (Å²) in [5.74, 6) is 0.439. The smallest absolute Gasteiger partial charge is 0.349 e. The fourth-order valence-corrected chi connectivity index (χ4v) is 4.76. The normalized spacial score (nSPS) is 13.8. The predicted molar refractivity (Wildman–Crippen MR) is 154 cm³/mol. The van der Waals surface area contributed by atoms with Crippen LogP contribution in [0.2, 0.25) is 0 Å². The van der Waals surface area contributed by atoms with Crippen molar-refractivity contribution in [1.29, 1.82) is 0 Å². The van der Waals surface area contributed by atoms with Crippen molar-refractivity contribution in [3.05, 3.63) is 70.1 Å². The molecule has 0 saturated heterocycles. The Kier molecular flexibility index (Phi) is 10.4. The van der Waals surface area contributed by atoms with Crippen molar-refractivity contribution in [2.24, 2.45) is 0 Å². The Morgan fingerprint density at radius 2 is 1.82 bits per heavy atom. The first-order valence-electron chi connectivity index (χ1n) is 14.1. The van der Waals surface area contributed by atoms with Crippen LogP contribution < -0.4 is 25.2 Å². The monoisotopic (exact) mass is 547 g/mol. The van der Waals surface area contributed by atoms with E-state index in [1.54, 1.807) is 31.4 Å². The largest absolute Gasteiger partial charge is 0.493 e. The molecule has 2 aromatic carbocycles. The summed E-state index contributed by atoms with van der Waals surface area (Å²) >= 11 is 0. The summed E-state index contributed by atoms with van der Waals surface area (Å²) in [4.78, 5) is 37.6. The average molecular weight is 548 g/mol. The lowest BCUT2D eigenvalue weighted by Crippen LogP contribution is -2.38. The highest BCUT2D eigenvalue weighted by Crippen LogP contribution is 2.29. The van der Waals surface area contributed by atoms with E-state index in [0.717, 1.165) is 44.1 Å². The minimum atomic E-state index is -0.730. The zero-order chi connectivity index (χ0) is 28.3. The van der Waals surface area contributed by atoms with Crippen LogP contribution in [0.4, 0.5) is 0 Å². The fraction of sp³-hybridized carbons (Fsp3) is 0.406. The molecule has 1 N–H and O–H groups in total. The van der Waals surface area contributed by atoms with E-state index in [1.165, 1.54) is 37.5 Å². The van der Waals surface area contributed by atoms with Crippen molar-refractivity contribution in [3.8, 4) is 17.2 Å². The number of esters is 1. The molecule has 40 heavy (non-hydrogen) atoms. The van der Waals surface area contributed by atoms with Crippen molar-refractivity contribution < 1.29 is 28.2 Å². The molecule has 1 amide bonds. The van der Waals surface area contributed by atoms with Gasteiger partial charge in [0, 0.05) is 23.6 Å². The van der Waals surface area contributed by atoms with Gasteiger partial charge in [0.2, 0.25) is 0 Å². The number of nitrogens with one attached hydrogen (secondary N) is 1. The van der Waals surface area contributed by atoms with Gasteiger partial charge in [0.25, 0.3) is 5.91 Å². The number of methoxy groups -OCH3 is 1. The van der Waals surface area contributed by atoms with E-state index in [0.29, 0.717) is 23.5 Å². The fourth-order valence-electron chi connectivity index (χ4n) is 4.76. The Hall–Kier alpha value is -4.07. The molecular weight excluding hydrogens is 510 g/mol. The van der Waals surface area contributed by atoms with Gasteiger partial charge < -0.3 is 23.9 Å². The first-order valence-corrected chi connectivity index (χ1v) is 14.1. The Morgan fingerprint density at radius 3 is 2.60 bits per heavy atom. The molecule has 1 aliphatic rings. The standard InChI is InChI=1S/C32H37NO7/c1-3-4-5-9-18-38-27-16-12-22(19-29(27)37-2)13-17-30(34)39-25-15-14-23-20-26(32(36)40-28(23)21-25)31(35)33-24-10-7-6-8-11-24/h12-17,19-21,24H,3-11,18H2,1-2H3,(H,33,35)/b17-13+. The lowest BCUT2D eigenvalue weighted by Gasteiger charge is -2.22. The molecule has 8 nitrogen and oxygen atoms in total. The van der Waals surface area contributed by atoms with E-state index >= 15 is 0 Å². The quantitative estimate of drug-likeness (QED) is 0.0914. The molecular formula is C32H37NO7. The maximum atomic E-state index is 12.7.